The molecule has 3 aromatic rings. The third-order valence-corrected chi connectivity index (χ3v) is 6.26. The maximum atomic E-state index is 13.1. The van der Waals surface area contributed by atoms with Crippen LogP contribution in [0.5, 0.6) is 0 Å². The van der Waals surface area contributed by atoms with Crippen LogP contribution in [0.25, 0.3) is 17.2 Å². The quantitative estimate of drug-likeness (QED) is 0.391. The highest BCUT2D eigenvalue weighted by molar-refractivity contribution is 6.31. The van der Waals surface area contributed by atoms with E-state index in [1.54, 1.807) is 43.4 Å². The van der Waals surface area contributed by atoms with E-state index in [-0.39, 0.29) is 11.7 Å². The topological polar surface area (TPSA) is 89.7 Å². The first-order chi connectivity index (χ1) is 15.9. The van der Waals surface area contributed by atoms with Crippen LogP contribution in [0.15, 0.2) is 59.0 Å². The molecule has 0 bridgehead atoms. The van der Waals surface area contributed by atoms with E-state index in [4.69, 9.17) is 20.8 Å². The number of halogens is 1. The van der Waals surface area contributed by atoms with Crippen molar-refractivity contribution in [2.24, 2.45) is 0 Å². The standard InChI is InChI=1S/C25H23ClN2O5/c1-28(25(15-7-6-12-21(25)29)17-8-2-3-9-18(17)26)23(30)16-32-24(31)14-13-22-27-19-10-4-5-11-20(19)33-22/h2-5,8-11,13-14H,6-7,12,15-16H2,1H3/b14-13+. The summed E-state index contributed by atoms with van der Waals surface area (Å²) in [5.41, 5.74) is 0.691. The Bertz CT molecular complexity index is 1200. The van der Waals surface area contributed by atoms with Crippen LogP contribution < -0.4 is 0 Å². The van der Waals surface area contributed by atoms with Gasteiger partial charge in [0.15, 0.2) is 18.0 Å². The fraction of sp³-hybridized carbons (Fsp3) is 0.280. The van der Waals surface area contributed by atoms with Crippen LogP contribution in [-0.2, 0) is 24.7 Å². The largest absolute Gasteiger partial charge is 0.452 e. The van der Waals surface area contributed by atoms with E-state index < -0.39 is 24.0 Å². The summed E-state index contributed by atoms with van der Waals surface area (Å²) in [6.07, 6.45) is 4.89. The molecule has 1 aromatic heterocycles. The van der Waals surface area contributed by atoms with Gasteiger partial charge in [0.2, 0.25) is 5.89 Å². The lowest BCUT2D eigenvalue weighted by molar-refractivity contribution is -0.155. The summed E-state index contributed by atoms with van der Waals surface area (Å²) < 4.78 is 10.6. The minimum atomic E-state index is -1.17. The molecule has 0 radical (unpaired) electrons. The predicted molar refractivity (Wildman–Crippen MR) is 123 cm³/mol. The number of hydrogen-bond acceptors (Lipinski definition) is 6. The zero-order valence-electron chi connectivity index (χ0n) is 18.1. The summed E-state index contributed by atoms with van der Waals surface area (Å²) in [5.74, 6) is -1.03. The van der Waals surface area contributed by atoms with E-state index >= 15 is 0 Å². The monoisotopic (exact) mass is 466 g/mol. The number of aromatic nitrogens is 1. The number of ether oxygens (including phenoxy) is 1. The number of oxazole rings is 1. The molecular weight excluding hydrogens is 444 g/mol. The van der Waals surface area contributed by atoms with Crippen LogP contribution in [0, 0.1) is 0 Å². The van der Waals surface area contributed by atoms with Crippen molar-refractivity contribution in [3.8, 4) is 0 Å². The summed E-state index contributed by atoms with van der Waals surface area (Å²) in [7, 11) is 1.55. The van der Waals surface area contributed by atoms with E-state index in [1.165, 1.54) is 11.0 Å². The fourth-order valence-electron chi connectivity index (χ4n) is 4.22. The number of Topliss-reactive ketones (excluding diaryl/α,β-unsaturated/α-hetero) is 1. The van der Waals surface area contributed by atoms with E-state index in [0.717, 1.165) is 18.9 Å². The summed E-state index contributed by atoms with van der Waals surface area (Å²) in [4.78, 5) is 43.8. The molecule has 1 aliphatic rings. The molecule has 1 aliphatic carbocycles. The maximum Gasteiger partial charge on any atom is 0.331 e. The summed E-state index contributed by atoms with van der Waals surface area (Å²) in [6.45, 7) is -0.507. The molecule has 33 heavy (non-hydrogen) atoms. The Balaban J connectivity index is 1.45. The van der Waals surface area contributed by atoms with Gasteiger partial charge in [-0.15, -0.1) is 0 Å². The van der Waals surface area contributed by atoms with Gasteiger partial charge in [-0.1, -0.05) is 41.9 Å². The molecule has 8 heteroatoms. The van der Waals surface area contributed by atoms with Crippen LogP contribution in [0.1, 0.15) is 37.1 Å². The number of ketones is 1. The van der Waals surface area contributed by atoms with E-state index in [1.807, 2.05) is 12.1 Å². The SMILES string of the molecule is CN(C(=O)COC(=O)/C=C/c1nc2ccccc2o1)C1(c2ccccc2Cl)CCCCC1=O. The average Bonchev–Trinajstić information content (AvgIpc) is 3.25. The normalized spacial score (nSPS) is 18.5. The Hall–Kier alpha value is -3.45. The molecule has 4 rings (SSSR count). The second-order valence-corrected chi connectivity index (χ2v) is 8.29. The van der Waals surface area contributed by atoms with Gasteiger partial charge in [-0.05, 0) is 37.5 Å². The molecular formula is C25H23ClN2O5. The average molecular weight is 467 g/mol. The maximum absolute atomic E-state index is 13.1. The van der Waals surface area contributed by atoms with Crippen LogP contribution in [-0.4, -0.2) is 41.2 Å². The zero-order valence-corrected chi connectivity index (χ0v) is 18.9. The summed E-state index contributed by atoms with van der Waals surface area (Å²) in [6, 6.07) is 14.3. The van der Waals surface area contributed by atoms with Crippen molar-refractivity contribution in [2.45, 2.75) is 31.2 Å². The molecule has 1 fully saturated rings. The van der Waals surface area contributed by atoms with Crippen LogP contribution >= 0.6 is 11.6 Å². The number of carbonyl (C=O) groups excluding carboxylic acids is 3. The Morgan fingerprint density at radius 1 is 1.18 bits per heavy atom. The second-order valence-electron chi connectivity index (χ2n) is 7.88. The van der Waals surface area contributed by atoms with Crippen LogP contribution in [0.2, 0.25) is 5.02 Å². The van der Waals surface area contributed by atoms with Crippen LogP contribution in [0.4, 0.5) is 0 Å². The van der Waals surface area contributed by atoms with Gasteiger partial charge >= 0.3 is 5.97 Å². The van der Waals surface area contributed by atoms with Crippen molar-refractivity contribution < 1.29 is 23.5 Å². The molecule has 1 amide bonds. The van der Waals surface area contributed by atoms with E-state index in [2.05, 4.69) is 4.98 Å². The number of esters is 1. The molecule has 1 saturated carbocycles. The second kappa shape index (κ2) is 9.58. The third kappa shape index (κ3) is 4.54. The lowest BCUT2D eigenvalue weighted by Crippen LogP contribution is -2.55. The van der Waals surface area contributed by atoms with Gasteiger partial charge in [0.25, 0.3) is 5.91 Å². The Morgan fingerprint density at radius 2 is 1.94 bits per heavy atom. The van der Waals surface area contributed by atoms with Gasteiger partial charge in [0.05, 0.1) is 0 Å². The number of likely N-dealkylation sites (N-methyl/N-ethyl adjacent to an activating group) is 1. The number of fused-ring (bicyclic) bond motifs is 1. The fourth-order valence-corrected chi connectivity index (χ4v) is 4.51. The van der Waals surface area contributed by atoms with Crippen molar-refractivity contribution in [2.75, 3.05) is 13.7 Å². The number of rotatable bonds is 6. The van der Waals surface area contributed by atoms with Crippen molar-refractivity contribution in [3.63, 3.8) is 0 Å². The molecule has 7 nitrogen and oxygen atoms in total. The van der Waals surface area contributed by atoms with Gasteiger partial charge in [0.1, 0.15) is 11.1 Å². The number of carbonyl (C=O) groups is 3. The predicted octanol–water partition coefficient (Wildman–Crippen LogP) is 4.53. The summed E-state index contributed by atoms with van der Waals surface area (Å²) >= 11 is 6.42. The van der Waals surface area contributed by atoms with E-state index in [0.29, 0.717) is 34.5 Å². The molecule has 170 valence electrons. The Labute approximate surface area is 196 Å². The number of nitrogens with zero attached hydrogens (tertiary/aromatic N) is 2. The van der Waals surface area contributed by atoms with E-state index in [9.17, 15) is 14.4 Å². The van der Waals surface area contributed by atoms with Gasteiger partial charge in [-0.2, -0.15) is 0 Å². The highest BCUT2D eigenvalue weighted by Gasteiger charge is 2.47. The van der Waals surface area contributed by atoms with Gasteiger partial charge < -0.3 is 14.1 Å². The lowest BCUT2D eigenvalue weighted by atomic mass is 9.74. The Morgan fingerprint density at radius 3 is 2.70 bits per heavy atom. The molecule has 0 N–H and O–H groups in total. The number of hydrogen-bond donors (Lipinski definition) is 0. The summed E-state index contributed by atoms with van der Waals surface area (Å²) in [5, 5.41) is 0.422. The van der Waals surface area contributed by atoms with Crippen molar-refractivity contribution in [1.82, 2.24) is 9.88 Å². The first-order valence-electron chi connectivity index (χ1n) is 10.7. The lowest BCUT2D eigenvalue weighted by Gasteiger charge is -2.43. The third-order valence-electron chi connectivity index (χ3n) is 5.93. The highest BCUT2D eigenvalue weighted by Crippen LogP contribution is 2.42. The van der Waals surface area contributed by atoms with Gasteiger partial charge in [-0.3, -0.25) is 9.59 Å². The van der Waals surface area contributed by atoms with Crippen molar-refractivity contribution in [1.29, 1.82) is 0 Å². The smallest absolute Gasteiger partial charge is 0.331 e. The number of para-hydroxylation sites is 2. The minimum Gasteiger partial charge on any atom is -0.452 e. The molecule has 1 heterocycles. The van der Waals surface area contributed by atoms with Crippen LogP contribution in [0.3, 0.4) is 0 Å². The number of benzene rings is 2. The molecule has 2 aromatic carbocycles. The first kappa shape index (κ1) is 22.7. The first-order valence-corrected chi connectivity index (χ1v) is 11.0. The number of amides is 1. The van der Waals surface area contributed by atoms with Gasteiger partial charge in [0, 0.05) is 36.2 Å². The zero-order chi connectivity index (χ0) is 23.4. The highest BCUT2D eigenvalue weighted by atomic mass is 35.5. The minimum absolute atomic E-state index is 0.0696. The molecule has 0 aliphatic heterocycles. The molecule has 1 unspecified atom stereocenters. The molecule has 1 atom stereocenters. The van der Waals surface area contributed by atoms with Crippen molar-refractivity contribution >= 4 is 46.4 Å². The van der Waals surface area contributed by atoms with Gasteiger partial charge in [-0.25, -0.2) is 9.78 Å². The molecule has 0 saturated heterocycles. The molecule has 0 spiro atoms. The Kier molecular flexibility index (Phi) is 6.60. The van der Waals surface area contributed by atoms with Crippen molar-refractivity contribution in [3.05, 3.63) is 71.1 Å².